The van der Waals surface area contributed by atoms with E-state index in [1.807, 2.05) is 19.2 Å². The Kier molecular flexibility index (Phi) is 8.16. The molecular formula is C29H31N3O2S. The molecule has 0 aliphatic carbocycles. The van der Waals surface area contributed by atoms with Gasteiger partial charge in [0.2, 0.25) is 0 Å². The largest absolute Gasteiger partial charge is 0.478 e. The van der Waals surface area contributed by atoms with Gasteiger partial charge in [-0.1, -0.05) is 54.6 Å². The summed E-state index contributed by atoms with van der Waals surface area (Å²) in [6.45, 7) is 1.70. The van der Waals surface area contributed by atoms with Crippen LogP contribution in [0.1, 0.15) is 34.3 Å². The van der Waals surface area contributed by atoms with Crippen LogP contribution < -0.4 is 9.80 Å². The minimum absolute atomic E-state index is 0.300. The molecule has 1 aromatic heterocycles. The van der Waals surface area contributed by atoms with Crippen molar-refractivity contribution in [2.75, 3.05) is 30.4 Å². The van der Waals surface area contributed by atoms with E-state index in [2.05, 4.69) is 76.8 Å². The van der Waals surface area contributed by atoms with Crippen molar-refractivity contribution in [3.63, 3.8) is 0 Å². The maximum Gasteiger partial charge on any atom is 0.335 e. The van der Waals surface area contributed by atoms with Crippen LogP contribution in [0.3, 0.4) is 0 Å². The molecule has 6 heteroatoms. The molecule has 0 bridgehead atoms. The fourth-order valence-electron chi connectivity index (χ4n) is 4.00. The van der Waals surface area contributed by atoms with Gasteiger partial charge in [0.1, 0.15) is 0 Å². The minimum atomic E-state index is -0.908. The number of carboxylic acids is 1. The van der Waals surface area contributed by atoms with E-state index >= 15 is 0 Å². The van der Waals surface area contributed by atoms with Crippen LogP contribution in [-0.4, -0.2) is 36.7 Å². The maximum atomic E-state index is 11.0. The summed E-state index contributed by atoms with van der Waals surface area (Å²) in [5.74, 6) is -0.908. The van der Waals surface area contributed by atoms with Gasteiger partial charge in [0.25, 0.3) is 0 Å². The van der Waals surface area contributed by atoms with Crippen LogP contribution in [0.5, 0.6) is 0 Å². The summed E-state index contributed by atoms with van der Waals surface area (Å²) in [5.41, 5.74) is 6.04. The summed E-state index contributed by atoms with van der Waals surface area (Å²) in [4.78, 5) is 20.3. The Bertz CT molecular complexity index is 1220. The second kappa shape index (κ2) is 11.7. The molecule has 180 valence electrons. The normalized spacial score (nSPS) is 10.8. The Labute approximate surface area is 211 Å². The summed E-state index contributed by atoms with van der Waals surface area (Å²) in [7, 11) is 4.15. The van der Waals surface area contributed by atoms with Gasteiger partial charge >= 0.3 is 5.97 Å². The van der Waals surface area contributed by atoms with E-state index in [1.54, 1.807) is 23.5 Å². The summed E-state index contributed by atoms with van der Waals surface area (Å²) in [6, 6.07) is 26.3. The average Bonchev–Trinajstić information content (AvgIpc) is 3.38. The molecule has 0 atom stereocenters. The molecular weight excluding hydrogens is 454 g/mol. The van der Waals surface area contributed by atoms with Crippen molar-refractivity contribution in [2.24, 2.45) is 0 Å². The topological polar surface area (TPSA) is 56.7 Å². The number of unbranched alkanes of at least 4 members (excludes halogenated alkanes) is 1. The lowest BCUT2D eigenvalue weighted by Crippen LogP contribution is -2.18. The first-order valence-electron chi connectivity index (χ1n) is 11.8. The van der Waals surface area contributed by atoms with Crippen molar-refractivity contribution in [3.8, 4) is 11.3 Å². The van der Waals surface area contributed by atoms with Gasteiger partial charge in [-0.05, 0) is 54.7 Å². The summed E-state index contributed by atoms with van der Waals surface area (Å²) < 4.78 is 0. The fraction of sp³-hybridized carbons (Fsp3) is 0.241. The van der Waals surface area contributed by atoms with Crippen molar-refractivity contribution in [2.45, 2.75) is 25.8 Å². The number of aryl methyl sites for hydroxylation is 1. The van der Waals surface area contributed by atoms with Crippen molar-refractivity contribution in [3.05, 3.63) is 101 Å². The molecule has 0 saturated heterocycles. The van der Waals surface area contributed by atoms with Gasteiger partial charge < -0.3 is 14.9 Å². The van der Waals surface area contributed by atoms with Gasteiger partial charge in [0.05, 0.1) is 11.3 Å². The first-order valence-corrected chi connectivity index (χ1v) is 12.7. The number of rotatable bonds is 11. The zero-order valence-electron chi connectivity index (χ0n) is 20.2. The molecule has 0 aliphatic heterocycles. The first kappa shape index (κ1) is 24.5. The number of aromatic nitrogens is 1. The van der Waals surface area contributed by atoms with E-state index in [0.717, 1.165) is 41.3 Å². The Morgan fingerprint density at radius 2 is 1.57 bits per heavy atom. The van der Waals surface area contributed by atoms with E-state index in [9.17, 15) is 4.79 Å². The van der Waals surface area contributed by atoms with Gasteiger partial charge in [-0.15, -0.1) is 11.3 Å². The molecule has 5 nitrogen and oxygen atoms in total. The molecule has 0 amide bonds. The van der Waals surface area contributed by atoms with Crippen LogP contribution in [0, 0.1) is 0 Å². The van der Waals surface area contributed by atoms with E-state index in [4.69, 9.17) is 10.1 Å². The molecule has 0 fully saturated rings. The number of carbonyl (C=O) groups is 1. The highest BCUT2D eigenvalue weighted by Gasteiger charge is 2.11. The lowest BCUT2D eigenvalue weighted by Gasteiger charge is -2.19. The second-order valence-corrected chi connectivity index (χ2v) is 9.62. The summed E-state index contributed by atoms with van der Waals surface area (Å²) >= 11 is 1.61. The fourth-order valence-corrected chi connectivity index (χ4v) is 4.81. The van der Waals surface area contributed by atoms with Gasteiger partial charge in [0, 0.05) is 43.8 Å². The van der Waals surface area contributed by atoms with Gasteiger partial charge in [0.15, 0.2) is 5.13 Å². The first-order chi connectivity index (χ1) is 17.0. The van der Waals surface area contributed by atoms with Crippen LogP contribution in [0.15, 0.2) is 84.2 Å². The van der Waals surface area contributed by atoms with E-state index in [0.29, 0.717) is 12.1 Å². The number of carboxylic acid groups (broad SMARTS) is 1. The molecule has 0 radical (unpaired) electrons. The van der Waals surface area contributed by atoms with Crippen molar-refractivity contribution < 1.29 is 9.90 Å². The third kappa shape index (κ3) is 6.70. The Balaban J connectivity index is 1.29. The molecule has 35 heavy (non-hydrogen) atoms. The van der Waals surface area contributed by atoms with Crippen LogP contribution in [0.2, 0.25) is 0 Å². The maximum absolute atomic E-state index is 11.0. The molecule has 0 saturated carbocycles. The number of benzene rings is 3. The molecule has 3 aromatic carbocycles. The van der Waals surface area contributed by atoms with Gasteiger partial charge in [-0.2, -0.15) is 0 Å². The van der Waals surface area contributed by atoms with Crippen molar-refractivity contribution >= 4 is 28.1 Å². The van der Waals surface area contributed by atoms with Crippen LogP contribution in [0.25, 0.3) is 11.3 Å². The molecule has 4 rings (SSSR count). The Morgan fingerprint density at radius 1 is 0.857 bits per heavy atom. The highest BCUT2D eigenvalue weighted by atomic mass is 32.1. The molecule has 4 aromatic rings. The van der Waals surface area contributed by atoms with Crippen LogP contribution in [0.4, 0.5) is 10.8 Å². The smallest absolute Gasteiger partial charge is 0.335 e. The quantitative estimate of drug-likeness (QED) is 0.242. The highest BCUT2D eigenvalue weighted by Crippen LogP contribution is 2.29. The third-order valence-electron chi connectivity index (χ3n) is 6.09. The van der Waals surface area contributed by atoms with E-state index in [-0.39, 0.29) is 0 Å². The van der Waals surface area contributed by atoms with Crippen LogP contribution >= 0.6 is 11.3 Å². The zero-order chi connectivity index (χ0) is 24.6. The summed E-state index contributed by atoms with van der Waals surface area (Å²) in [6.07, 6.45) is 3.47. The van der Waals surface area contributed by atoms with Gasteiger partial charge in [-0.3, -0.25) is 0 Å². The monoisotopic (exact) mass is 485 g/mol. The number of aromatic carboxylic acids is 1. The average molecular weight is 486 g/mol. The van der Waals surface area contributed by atoms with Gasteiger partial charge in [-0.25, -0.2) is 9.78 Å². The summed E-state index contributed by atoms with van der Waals surface area (Å²) in [5, 5.41) is 12.1. The molecule has 0 unspecified atom stereocenters. The molecule has 0 aliphatic rings. The van der Waals surface area contributed by atoms with Crippen LogP contribution in [-0.2, 0) is 13.0 Å². The zero-order valence-corrected chi connectivity index (χ0v) is 21.0. The minimum Gasteiger partial charge on any atom is -0.478 e. The highest BCUT2D eigenvalue weighted by molar-refractivity contribution is 7.14. The second-order valence-electron chi connectivity index (χ2n) is 8.78. The van der Waals surface area contributed by atoms with E-state index < -0.39 is 5.97 Å². The van der Waals surface area contributed by atoms with E-state index in [1.165, 1.54) is 17.7 Å². The SMILES string of the molecule is CN(CCCCc1ccccc1)c1ccc(-c2csc(N(C)Cc3ccc(C(=O)O)cc3)n2)cc1. The lowest BCUT2D eigenvalue weighted by atomic mass is 10.1. The van der Waals surface area contributed by atoms with Crippen molar-refractivity contribution in [1.82, 2.24) is 4.98 Å². The number of hydrogen-bond donors (Lipinski definition) is 1. The number of hydrogen-bond acceptors (Lipinski definition) is 5. The standard InChI is InChI=1S/C29H31N3O2S/c1-31(19-7-6-10-22-8-4-3-5-9-22)26-17-15-24(16-18-26)27-21-35-29(30-27)32(2)20-23-11-13-25(14-12-23)28(33)34/h3-5,8-9,11-18,21H,6-7,10,19-20H2,1-2H3,(H,33,34). The third-order valence-corrected chi connectivity index (χ3v) is 7.05. The lowest BCUT2D eigenvalue weighted by molar-refractivity contribution is 0.0697. The molecule has 1 heterocycles. The number of thiazole rings is 1. The number of nitrogens with zero attached hydrogens (tertiary/aromatic N) is 3. The van der Waals surface area contributed by atoms with Crippen molar-refractivity contribution in [1.29, 1.82) is 0 Å². The molecule has 1 N–H and O–H groups in total. The predicted octanol–water partition coefficient (Wildman–Crippen LogP) is 6.60. The predicted molar refractivity (Wildman–Crippen MR) is 146 cm³/mol. The Morgan fingerprint density at radius 3 is 2.26 bits per heavy atom. The molecule has 0 spiro atoms. The number of anilines is 2. The Hall–Kier alpha value is -3.64.